The predicted molar refractivity (Wildman–Crippen MR) is 98.1 cm³/mol. The van der Waals surface area contributed by atoms with Gasteiger partial charge in [0.15, 0.2) is 5.60 Å². The molecule has 1 amide bonds. The number of carbonyl (C=O) groups excluding carboxylic acids is 1. The second kappa shape index (κ2) is 8.23. The van der Waals surface area contributed by atoms with Gasteiger partial charge < -0.3 is 23.8 Å². The second-order valence-corrected chi connectivity index (χ2v) is 6.91. The highest BCUT2D eigenvalue weighted by atomic mass is 19.4. The van der Waals surface area contributed by atoms with E-state index >= 15 is 0 Å². The molecule has 1 atom stereocenters. The molecule has 1 aromatic carbocycles. The molecule has 0 N–H and O–H groups in total. The van der Waals surface area contributed by atoms with Crippen LogP contribution in [0.2, 0.25) is 0 Å². The van der Waals surface area contributed by atoms with Crippen molar-refractivity contribution in [2.24, 2.45) is 0 Å². The highest BCUT2D eigenvalue weighted by Gasteiger charge is 2.43. The molecule has 1 saturated heterocycles. The fraction of sp³-hybridized carbons (Fsp3) is 0.550. The first-order valence-electron chi connectivity index (χ1n) is 9.52. The van der Waals surface area contributed by atoms with Crippen molar-refractivity contribution in [1.82, 2.24) is 4.90 Å². The number of fused-ring (bicyclic) bond motifs is 1. The van der Waals surface area contributed by atoms with Crippen molar-refractivity contribution in [2.45, 2.75) is 51.9 Å². The number of alkyl halides is 3. The van der Waals surface area contributed by atoms with Gasteiger partial charge in [-0.25, -0.2) is 0 Å². The molecule has 160 valence electrons. The Balaban J connectivity index is 2.07. The Labute approximate surface area is 167 Å². The molecule has 1 aromatic rings. The molecule has 0 aliphatic carbocycles. The summed E-state index contributed by atoms with van der Waals surface area (Å²) >= 11 is 0. The molecule has 2 aliphatic heterocycles. The third kappa shape index (κ3) is 4.67. The lowest BCUT2D eigenvalue weighted by atomic mass is 9.95. The molecule has 3 rings (SSSR count). The summed E-state index contributed by atoms with van der Waals surface area (Å²) in [7, 11) is 0. The van der Waals surface area contributed by atoms with Crippen LogP contribution in [-0.2, 0) is 14.3 Å². The molecule has 1 unspecified atom stereocenters. The van der Waals surface area contributed by atoms with Crippen molar-refractivity contribution in [3.05, 3.63) is 29.8 Å². The average molecular weight is 415 g/mol. The normalized spacial score (nSPS) is 21.8. The molecule has 0 radical (unpaired) electrons. The third-order valence-corrected chi connectivity index (χ3v) is 4.68. The van der Waals surface area contributed by atoms with Crippen molar-refractivity contribution in [3.63, 3.8) is 0 Å². The van der Waals surface area contributed by atoms with Crippen LogP contribution in [0.3, 0.4) is 0 Å². The van der Waals surface area contributed by atoms with Crippen LogP contribution in [0.25, 0.3) is 5.70 Å². The number of nitrogens with zero attached hydrogens (tertiary/aromatic N) is 1. The van der Waals surface area contributed by atoms with Crippen molar-refractivity contribution in [1.29, 1.82) is 0 Å². The average Bonchev–Trinajstić information content (AvgIpc) is 3.06. The maximum Gasteiger partial charge on any atom is 0.573 e. The van der Waals surface area contributed by atoms with E-state index in [2.05, 4.69) is 4.74 Å². The van der Waals surface area contributed by atoms with E-state index < -0.39 is 18.3 Å². The molecular formula is C20H24F3NO5. The Morgan fingerprint density at radius 3 is 2.48 bits per heavy atom. The Morgan fingerprint density at radius 2 is 1.93 bits per heavy atom. The van der Waals surface area contributed by atoms with Crippen LogP contribution in [0.1, 0.15) is 39.2 Å². The number of likely N-dealkylation sites (tertiary alicyclic amines) is 1. The summed E-state index contributed by atoms with van der Waals surface area (Å²) in [4.78, 5) is 14.0. The highest BCUT2D eigenvalue weighted by Crippen LogP contribution is 2.43. The molecule has 0 aromatic heterocycles. The van der Waals surface area contributed by atoms with Gasteiger partial charge in [-0.2, -0.15) is 0 Å². The summed E-state index contributed by atoms with van der Waals surface area (Å²) in [6, 6.07) is 3.81. The first-order chi connectivity index (χ1) is 13.7. The lowest BCUT2D eigenvalue weighted by molar-refractivity contribution is -0.274. The van der Waals surface area contributed by atoms with Crippen LogP contribution in [0, 0.1) is 0 Å². The lowest BCUT2D eigenvalue weighted by Gasteiger charge is -2.40. The largest absolute Gasteiger partial charge is 0.573 e. The quantitative estimate of drug-likeness (QED) is 0.628. The first-order valence-corrected chi connectivity index (χ1v) is 9.52. The number of hydrogen-bond acceptors (Lipinski definition) is 5. The van der Waals surface area contributed by atoms with Crippen molar-refractivity contribution >= 4 is 11.6 Å². The van der Waals surface area contributed by atoms with Crippen molar-refractivity contribution in [2.75, 3.05) is 19.8 Å². The van der Waals surface area contributed by atoms with E-state index in [0.29, 0.717) is 49.6 Å². The fourth-order valence-electron chi connectivity index (χ4n) is 3.54. The molecule has 9 heteroatoms. The Hall–Kier alpha value is -2.26. The van der Waals surface area contributed by atoms with Crippen LogP contribution in [-0.4, -0.2) is 48.8 Å². The zero-order valence-corrected chi connectivity index (χ0v) is 16.5. The number of amides is 1. The van der Waals surface area contributed by atoms with E-state index in [1.54, 1.807) is 17.9 Å². The van der Waals surface area contributed by atoms with Crippen molar-refractivity contribution in [3.8, 4) is 11.5 Å². The Morgan fingerprint density at radius 1 is 1.24 bits per heavy atom. The molecule has 0 spiro atoms. The molecule has 0 saturated carbocycles. The maximum absolute atomic E-state index is 12.7. The first kappa shape index (κ1) is 21.4. The van der Waals surface area contributed by atoms with Crippen molar-refractivity contribution < 1.29 is 36.9 Å². The van der Waals surface area contributed by atoms with Crippen LogP contribution in [0.5, 0.6) is 11.5 Å². The van der Waals surface area contributed by atoms with Gasteiger partial charge in [0.25, 0.3) is 0 Å². The Kier molecular flexibility index (Phi) is 6.09. The van der Waals surface area contributed by atoms with Gasteiger partial charge in [0.2, 0.25) is 12.2 Å². The van der Waals surface area contributed by atoms with E-state index in [1.165, 1.54) is 18.2 Å². The second-order valence-electron chi connectivity index (χ2n) is 6.91. The summed E-state index contributed by atoms with van der Waals surface area (Å²) < 4.78 is 59.5. The van der Waals surface area contributed by atoms with Gasteiger partial charge in [0.05, 0.1) is 5.70 Å². The summed E-state index contributed by atoms with van der Waals surface area (Å²) in [6.45, 7) is 6.62. The standard InChI is InChI=1S/C20H24F3NO5/c1-4-26-18(27-5-2)19(3)12-15(24-10-6-7-17(24)25)14-11-13(28-20(21,22)23)8-9-16(14)29-19/h8-9,11-12,18H,4-7,10H2,1-3H3. The molecule has 2 heterocycles. The van der Waals surface area contributed by atoms with Gasteiger partial charge in [0.1, 0.15) is 11.5 Å². The van der Waals surface area contributed by atoms with Gasteiger partial charge in [-0.05, 0) is 51.5 Å². The number of hydrogen-bond donors (Lipinski definition) is 0. The van der Waals surface area contributed by atoms with E-state index in [-0.39, 0.29) is 11.7 Å². The fourth-order valence-corrected chi connectivity index (χ4v) is 3.54. The summed E-state index contributed by atoms with van der Waals surface area (Å²) in [5.74, 6) is -0.159. The summed E-state index contributed by atoms with van der Waals surface area (Å²) in [6.07, 6.45) is -2.85. The monoisotopic (exact) mass is 415 g/mol. The van der Waals surface area contributed by atoms with Gasteiger partial charge in [0, 0.05) is 31.7 Å². The number of rotatable bonds is 7. The molecule has 0 bridgehead atoms. The number of ether oxygens (including phenoxy) is 4. The van der Waals surface area contributed by atoms with Crippen LogP contribution in [0.4, 0.5) is 13.2 Å². The topological polar surface area (TPSA) is 57.2 Å². The third-order valence-electron chi connectivity index (χ3n) is 4.68. The molecular weight excluding hydrogens is 391 g/mol. The van der Waals surface area contributed by atoms with E-state index in [4.69, 9.17) is 14.2 Å². The van der Waals surface area contributed by atoms with Gasteiger partial charge in [-0.15, -0.1) is 13.2 Å². The minimum Gasteiger partial charge on any atom is -0.477 e. The Bertz CT molecular complexity index is 789. The summed E-state index contributed by atoms with van der Waals surface area (Å²) in [5.41, 5.74) is -0.261. The lowest BCUT2D eigenvalue weighted by Crippen LogP contribution is -2.49. The van der Waals surface area contributed by atoms with Crippen LogP contribution in [0.15, 0.2) is 24.3 Å². The molecule has 29 heavy (non-hydrogen) atoms. The number of halogens is 3. The maximum atomic E-state index is 12.7. The molecule has 2 aliphatic rings. The number of carbonyl (C=O) groups is 1. The van der Waals surface area contributed by atoms with Gasteiger partial charge in [-0.3, -0.25) is 4.79 Å². The molecule has 1 fully saturated rings. The smallest absolute Gasteiger partial charge is 0.477 e. The van der Waals surface area contributed by atoms with Crippen LogP contribution >= 0.6 is 0 Å². The minimum absolute atomic E-state index is 0.0991. The zero-order valence-electron chi connectivity index (χ0n) is 16.5. The predicted octanol–water partition coefficient (Wildman–Crippen LogP) is 4.10. The minimum atomic E-state index is -4.82. The van der Waals surface area contributed by atoms with E-state index in [9.17, 15) is 18.0 Å². The van der Waals surface area contributed by atoms with E-state index in [0.717, 1.165) is 0 Å². The molecule has 6 nitrogen and oxygen atoms in total. The van der Waals surface area contributed by atoms with Gasteiger partial charge in [-0.1, -0.05) is 0 Å². The summed E-state index contributed by atoms with van der Waals surface area (Å²) in [5, 5.41) is 0. The SMILES string of the molecule is CCOC(OCC)C1(C)C=C(N2CCCC2=O)c2cc(OC(F)(F)F)ccc2O1. The van der Waals surface area contributed by atoms with Crippen LogP contribution < -0.4 is 9.47 Å². The zero-order chi connectivity index (χ0) is 21.2. The number of benzene rings is 1. The van der Waals surface area contributed by atoms with Gasteiger partial charge >= 0.3 is 6.36 Å². The van der Waals surface area contributed by atoms with E-state index in [1.807, 2.05) is 13.8 Å². The highest BCUT2D eigenvalue weighted by molar-refractivity contribution is 5.90.